The third-order valence-electron chi connectivity index (χ3n) is 3.38. The summed E-state index contributed by atoms with van der Waals surface area (Å²) in [5.74, 6) is -0.185. The lowest BCUT2D eigenvalue weighted by atomic mass is 9.76. The monoisotopic (exact) mass is 300 g/mol. The number of phenolic OH excluding ortho intramolecular Hbond substituents is 2. The van der Waals surface area contributed by atoms with Crippen molar-refractivity contribution >= 4 is 5.97 Å². The van der Waals surface area contributed by atoms with Gasteiger partial charge in [0.1, 0.15) is 17.2 Å². The highest BCUT2D eigenvalue weighted by Gasteiger charge is 2.34. The zero-order valence-electron chi connectivity index (χ0n) is 12.9. The van der Waals surface area contributed by atoms with Crippen LogP contribution < -0.4 is 4.74 Å². The number of esters is 1. The highest BCUT2D eigenvalue weighted by molar-refractivity contribution is 5.81. The molecule has 1 atom stereocenters. The molecule has 0 aromatic heterocycles. The molecule has 0 heterocycles. The minimum absolute atomic E-state index is 0.116. The Labute approximate surface area is 130 Å². The standard InChI is InChI=1S/C18H20O4/c1-18(2,3)16(12-4-6-13(19)7-5-12)17(21)22-15-10-8-14(20)9-11-15/h4-11,16,19-20H,1-3H3. The highest BCUT2D eigenvalue weighted by Crippen LogP contribution is 2.37. The molecule has 0 aliphatic carbocycles. The molecule has 0 saturated carbocycles. The average Bonchev–Trinajstić information content (AvgIpc) is 2.42. The van der Waals surface area contributed by atoms with Crippen LogP contribution in [-0.4, -0.2) is 16.2 Å². The van der Waals surface area contributed by atoms with Gasteiger partial charge >= 0.3 is 5.97 Å². The molecule has 22 heavy (non-hydrogen) atoms. The highest BCUT2D eigenvalue weighted by atomic mass is 16.5. The van der Waals surface area contributed by atoms with Gasteiger partial charge < -0.3 is 14.9 Å². The zero-order valence-corrected chi connectivity index (χ0v) is 12.9. The Hall–Kier alpha value is -2.49. The van der Waals surface area contributed by atoms with Crippen molar-refractivity contribution in [3.05, 3.63) is 54.1 Å². The Kier molecular flexibility index (Phi) is 4.40. The fourth-order valence-electron chi connectivity index (χ4n) is 2.35. The van der Waals surface area contributed by atoms with Crippen LogP contribution in [0.1, 0.15) is 32.3 Å². The van der Waals surface area contributed by atoms with Crippen LogP contribution in [0.5, 0.6) is 17.2 Å². The molecule has 2 aromatic carbocycles. The smallest absolute Gasteiger partial charge is 0.319 e. The first kappa shape index (κ1) is 15.9. The Bertz CT molecular complexity index is 636. The van der Waals surface area contributed by atoms with E-state index >= 15 is 0 Å². The van der Waals surface area contributed by atoms with Crippen LogP contribution in [0.15, 0.2) is 48.5 Å². The average molecular weight is 300 g/mol. The fourth-order valence-corrected chi connectivity index (χ4v) is 2.35. The number of ether oxygens (including phenoxy) is 1. The maximum atomic E-state index is 12.6. The maximum Gasteiger partial charge on any atom is 0.319 e. The van der Waals surface area contributed by atoms with E-state index in [1.54, 1.807) is 36.4 Å². The molecule has 0 spiro atoms. The molecule has 2 rings (SSSR count). The summed E-state index contributed by atoms with van der Waals surface area (Å²) in [7, 11) is 0. The maximum absolute atomic E-state index is 12.6. The second kappa shape index (κ2) is 6.10. The lowest BCUT2D eigenvalue weighted by molar-refractivity contribution is -0.138. The topological polar surface area (TPSA) is 66.8 Å². The molecule has 0 aliphatic heterocycles. The van der Waals surface area contributed by atoms with Gasteiger partial charge in [-0.15, -0.1) is 0 Å². The van der Waals surface area contributed by atoms with Crippen molar-refractivity contribution in [3.8, 4) is 17.2 Å². The molecule has 0 saturated heterocycles. The number of phenols is 2. The van der Waals surface area contributed by atoms with Crippen LogP contribution in [0.3, 0.4) is 0 Å². The SMILES string of the molecule is CC(C)(C)C(C(=O)Oc1ccc(O)cc1)c1ccc(O)cc1. The Morgan fingerprint density at radius 1 is 0.909 bits per heavy atom. The lowest BCUT2D eigenvalue weighted by Crippen LogP contribution is -2.30. The summed E-state index contributed by atoms with van der Waals surface area (Å²) in [6, 6.07) is 12.6. The van der Waals surface area contributed by atoms with Gasteiger partial charge in [0.25, 0.3) is 0 Å². The first-order chi connectivity index (χ1) is 10.3. The van der Waals surface area contributed by atoms with Crippen molar-refractivity contribution in [3.63, 3.8) is 0 Å². The molecule has 0 radical (unpaired) electrons. The van der Waals surface area contributed by atoms with E-state index in [2.05, 4.69) is 0 Å². The molecule has 4 nitrogen and oxygen atoms in total. The van der Waals surface area contributed by atoms with Gasteiger partial charge in [0.15, 0.2) is 0 Å². The molecule has 0 aliphatic rings. The zero-order chi connectivity index (χ0) is 16.3. The minimum Gasteiger partial charge on any atom is -0.508 e. The number of hydrogen-bond acceptors (Lipinski definition) is 4. The van der Waals surface area contributed by atoms with Gasteiger partial charge in [-0.25, -0.2) is 0 Å². The summed E-state index contributed by atoms with van der Waals surface area (Å²) in [6.07, 6.45) is 0. The summed E-state index contributed by atoms with van der Waals surface area (Å²) in [4.78, 5) is 12.6. The van der Waals surface area contributed by atoms with Gasteiger partial charge in [-0.1, -0.05) is 32.9 Å². The largest absolute Gasteiger partial charge is 0.508 e. The van der Waals surface area contributed by atoms with Crippen molar-refractivity contribution < 1.29 is 19.7 Å². The molecule has 0 fully saturated rings. The van der Waals surface area contributed by atoms with Gasteiger partial charge in [-0.05, 0) is 47.4 Å². The molecule has 2 aromatic rings. The van der Waals surface area contributed by atoms with Crippen molar-refractivity contribution in [2.45, 2.75) is 26.7 Å². The first-order valence-corrected chi connectivity index (χ1v) is 7.07. The summed E-state index contributed by atoms with van der Waals surface area (Å²) in [6.45, 7) is 5.88. The molecule has 2 N–H and O–H groups in total. The van der Waals surface area contributed by atoms with Gasteiger partial charge in [0.05, 0.1) is 5.92 Å². The van der Waals surface area contributed by atoms with Crippen LogP contribution >= 0.6 is 0 Å². The number of hydrogen-bond donors (Lipinski definition) is 2. The number of carbonyl (C=O) groups is 1. The van der Waals surface area contributed by atoms with Crippen molar-refractivity contribution in [1.29, 1.82) is 0 Å². The lowest BCUT2D eigenvalue weighted by Gasteiger charge is -2.29. The quantitative estimate of drug-likeness (QED) is 0.667. The van der Waals surface area contributed by atoms with Crippen LogP contribution in [0.2, 0.25) is 0 Å². The second-order valence-corrected chi connectivity index (χ2v) is 6.31. The minimum atomic E-state index is -0.470. The predicted molar refractivity (Wildman–Crippen MR) is 84.0 cm³/mol. The summed E-state index contributed by atoms with van der Waals surface area (Å²) >= 11 is 0. The molecule has 116 valence electrons. The van der Waals surface area contributed by atoms with E-state index in [1.807, 2.05) is 20.8 Å². The van der Waals surface area contributed by atoms with E-state index in [0.29, 0.717) is 5.75 Å². The first-order valence-electron chi connectivity index (χ1n) is 7.07. The number of benzene rings is 2. The van der Waals surface area contributed by atoms with E-state index in [0.717, 1.165) is 5.56 Å². The van der Waals surface area contributed by atoms with Gasteiger partial charge in [-0.2, -0.15) is 0 Å². The van der Waals surface area contributed by atoms with Crippen LogP contribution in [0.4, 0.5) is 0 Å². The van der Waals surface area contributed by atoms with E-state index < -0.39 is 5.92 Å². The van der Waals surface area contributed by atoms with Crippen molar-refractivity contribution in [1.82, 2.24) is 0 Å². The van der Waals surface area contributed by atoms with Crippen LogP contribution in [0.25, 0.3) is 0 Å². The van der Waals surface area contributed by atoms with Crippen LogP contribution in [0, 0.1) is 5.41 Å². The second-order valence-electron chi connectivity index (χ2n) is 6.31. The van der Waals surface area contributed by atoms with Gasteiger partial charge in [0, 0.05) is 0 Å². The molecule has 0 amide bonds. The molecule has 0 bridgehead atoms. The van der Waals surface area contributed by atoms with Crippen molar-refractivity contribution in [2.24, 2.45) is 5.41 Å². The normalized spacial score (nSPS) is 12.7. The summed E-state index contributed by atoms with van der Waals surface area (Å²) < 4.78 is 5.43. The number of rotatable bonds is 3. The van der Waals surface area contributed by atoms with Gasteiger partial charge in [-0.3, -0.25) is 4.79 Å². The Morgan fingerprint density at radius 3 is 1.82 bits per heavy atom. The molecular formula is C18H20O4. The van der Waals surface area contributed by atoms with E-state index in [-0.39, 0.29) is 22.9 Å². The molecule has 4 heteroatoms. The number of aromatic hydroxyl groups is 2. The Balaban J connectivity index is 2.27. The molecule has 1 unspecified atom stereocenters. The third-order valence-corrected chi connectivity index (χ3v) is 3.38. The molecular weight excluding hydrogens is 280 g/mol. The van der Waals surface area contributed by atoms with Gasteiger partial charge in [0.2, 0.25) is 0 Å². The van der Waals surface area contributed by atoms with E-state index in [4.69, 9.17) is 4.74 Å². The predicted octanol–water partition coefficient (Wildman–Crippen LogP) is 3.83. The Morgan fingerprint density at radius 2 is 1.36 bits per heavy atom. The summed E-state index contributed by atoms with van der Waals surface area (Å²) in [5, 5.41) is 18.7. The van der Waals surface area contributed by atoms with Crippen LogP contribution in [-0.2, 0) is 4.79 Å². The number of carbonyl (C=O) groups excluding carboxylic acids is 1. The third kappa shape index (κ3) is 3.79. The fraction of sp³-hybridized carbons (Fsp3) is 0.278. The summed E-state index contributed by atoms with van der Waals surface area (Å²) in [5.41, 5.74) is 0.444. The van der Waals surface area contributed by atoms with E-state index in [1.165, 1.54) is 12.1 Å². The van der Waals surface area contributed by atoms with E-state index in [9.17, 15) is 15.0 Å². The van der Waals surface area contributed by atoms with Crippen molar-refractivity contribution in [2.75, 3.05) is 0 Å².